The molecule has 7 nitrogen and oxygen atoms in total. The van der Waals surface area contributed by atoms with Crippen LogP contribution < -0.4 is 21.7 Å². The average molecular weight is 380 g/mol. The molecule has 0 aromatic carbocycles. The molecule has 2 rings (SSSR count). The molecule has 0 aromatic heterocycles. The summed E-state index contributed by atoms with van der Waals surface area (Å²) in [6.45, 7) is 8.01. The molecule has 0 atom stereocenters. The maximum absolute atomic E-state index is 8.13. The third-order valence-electron chi connectivity index (χ3n) is 4.10. The van der Waals surface area contributed by atoms with Crippen LogP contribution in [0.4, 0.5) is 0 Å². The third-order valence-corrected chi connectivity index (χ3v) is 4.10. The molecule has 0 fully saturated rings. The molecule has 0 aliphatic carbocycles. The summed E-state index contributed by atoms with van der Waals surface area (Å²) in [5.74, 6) is 1.09. The standard InChI is InChI=1S/C21H29N7/c1-13(2)15(9-22)8-20(24)28-21-6-5-18-19(27-21)7-16(11-26-18)17(10-23)12-25-14(3)4/h5-14,22,26-27H,23H2,1-4H3,(H2,24,28). The van der Waals surface area contributed by atoms with Crippen molar-refractivity contribution in [3.63, 3.8) is 0 Å². The zero-order valence-corrected chi connectivity index (χ0v) is 16.8. The predicted octanol–water partition coefficient (Wildman–Crippen LogP) is 2.81. The van der Waals surface area contributed by atoms with Crippen molar-refractivity contribution >= 4 is 18.3 Å². The highest BCUT2D eigenvalue weighted by molar-refractivity contribution is 5.97. The summed E-state index contributed by atoms with van der Waals surface area (Å²) in [5, 5.41) is 25.1. The normalized spacial score (nSPS) is 17.2. The van der Waals surface area contributed by atoms with Crippen LogP contribution in [0.3, 0.4) is 0 Å². The number of nitrogens with one attached hydrogen (secondary N) is 5. The molecule has 2 aliphatic heterocycles. The van der Waals surface area contributed by atoms with Crippen molar-refractivity contribution < 1.29 is 0 Å². The van der Waals surface area contributed by atoms with E-state index >= 15 is 0 Å². The lowest BCUT2D eigenvalue weighted by Crippen LogP contribution is -2.34. The van der Waals surface area contributed by atoms with E-state index < -0.39 is 0 Å². The molecule has 0 unspecified atom stereocenters. The van der Waals surface area contributed by atoms with Gasteiger partial charge in [-0.05, 0) is 49.6 Å². The number of rotatable bonds is 7. The van der Waals surface area contributed by atoms with E-state index in [1.165, 1.54) is 12.4 Å². The zero-order chi connectivity index (χ0) is 20.7. The molecule has 0 amide bonds. The minimum Gasteiger partial charge on any atom is -0.404 e. The fourth-order valence-corrected chi connectivity index (χ4v) is 2.51. The molecule has 7 N–H and O–H groups in total. The highest BCUT2D eigenvalue weighted by atomic mass is 15.1. The molecule has 0 saturated carbocycles. The number of amidine groups is 1. The van der Waals surface area contributed by atoms with E-state index in [1.807, 2.05) is 52.1 Å². The molecule has 148 valence electrons. The van der Waals surface area contributed by atoms with E-state index in [0.717, 1.165) is 28.1 Å². The summed E-state index contributed by atoms with van der Waals surface area (Å²) in [6.07, 6.45) is 13.9. The quantitative estimate of drug-likeness (QED) is 0.301. The Morgan fingerprint density at radius 1 is 1.21 bits per heavy atom. The van der Waals surface area contributed by atoms with E-state index in [-0.39, 0.29) is 17.8 Å². The molecule has 2 aliphatic rings. The Morgan fingerprint density at radius 2 is 1.96 bits per heavy atom. The lowest BCUT2D eigenvalue weighted by molar-refractivity contribution is 0.804. The summed E-state index contributed by atoms with van der Waals surface area (Å²) in [6, 6.07) is 0.192. The Bertz CT molecular complexity index is 846. The number of fused-ring (bicyclic) bond motifs is 1. The van der Waals surface area contributed by atoms with Crippen LogP contribution in [0.5, 0.6) is 0 Å². The summed E-state index contributed by atoms with van der Waals surface area (Å²) >= 11 is 0. The van der Waals surface area contributed by atoms with Gasteiger partial charge >= 0.3 is 0 Å². The average Bonchev–Trinajstić information content (AvgIpc) is 2.65. The predicted molar refractivity (Wildman–Crippen MR) is 117 cm³/mol. The molecular weight excluding hydrogens is 350 g/mol. The van der Waals surface area contributed by atoms with E-state index in [1.54, 1.807) is 12.3 Å². The van der Waals surface area contributed by atoms with Crippen molar-refractivity contribution in [2.45, 2.75) is 33.7 Å². The van der Waals surface area contributed by atoms with E-state index in [2.05, 4.69) is 20.9 Å². The molecular formula is C21H29N7. The second-order valence-electron chi connectivity index (χ2n) is 7.06. The Kier molecular flexibility index (Phi) is 7.14. The van der Waals surface area contributed by atoms with Crippen molar-refractivity contribution in [2.24, 2.45) is 16.6 Å². The Labute approximate surface area is 166 Å². The lowest BCUT2D eigenvalue weighted by Gasteiger charge is -2.25. The van der Waals surface area contributed by atoms with Crippen LogP contribution in [0.25, 0.3) is 0 Å². The van der Waals surface area contributed by atoms with Crippen molar-refractivity contribution in [1.82, 2.24) is 16.0 Å². The number of nitrogens with two attached hydrogens (primary N) is 1. The highest BCUT2D eigenvalue weighted by Crippen LogP contribution is 2.21. The second-order valence-corrected chi connectivity index (χ2v) is 7.06. The SMILES string of the molecule is CC(C)N=CC(=CN)C1=CNC2=CC=C(NC(=N)C=C(C=N)C(C)C)NC2=C1. The minimum absolute atomic E-state index is 0.186. The van der Waals surface area contributed by atoms with Gasteiger partial charge in [0.15, 0.2) is 0 Å². The van der Waals surface area contributed by atoms with Crippen LogP contribution >= 0.6 is 0 Å². The Balaban J connectivity index is 2.13. The van der Waals surface area contributed by atoms with Crippen molar-refractivity contribution in [1.29, 1.82) is 10.8 Å². The number of dihydropyridines is 2. The van der Waals surface area contributed by atoms with Gasteiger partial charge in [0.2, 0.25) is 0 Å². The number of aliphatic imine (C=N–C) groups is 1. The van der Waals surface area contributed by atoms with Gasteiger partial charge in [-0.3, -0.25) is 10.4 Å². The molecule has 2 heterocycles. The van der Waals surface area contributed by atoms with Gasteiger partial charge in [-0.15, -0.1) is 0 Å². The van der Waals surface area contributed by atoms with Crippen molar-refractivity contribution in [3.8, 4) is 0 Å². The first-order valence-electron chi connectivity index (χ1n) is 9.25. The van der Waals surface area contributed by atoms with Crippen LogP contribution in [0, 0.1) is 16.7 Å². The maximum Gasteiger partial charge on any atom is 0.123 e. The van der Waals surface area contributed by atoms with Gasteiger partial charge in [0.05, 0.1) is 11.4 Å². The lowest BCUT2D eigenvalue weighted by atomic mass is 10.0. The second kappa shape index (κ2) is 9.55. The Hall–Kier alpha value is -3.35. The number of nitrogens with zero attached hydrogens (tertiary/aromatic N) is 1. The van der Waals surface area contributed by atoms with Crippen LogP contribution in [-0.4, -0.2) is 24.3 Å². The topological polar surface area (TPSA) is 122 Å². The van der Waals surface area contributed by atoms with Crippen LogP contribution in [-0.2, 0) is 0 Å². The molecule has 0 saturated heterocycles. The minimum atomic E-state index is 0.186. The Morgan fingerprint density at radius 3 is 2.57 bits per heavy atom. The molecule has 0 bridgehead atoms. The van der Waals surface area contributed by atoms with Gasteiger partial charge in [0, 0.05) is 42.0 Å². The monoisotopic (exact) mass is 379 g/mol. The zero-order valence-electron chi connectivity index (χ0n) is 16.8. The van der Waals surface area contributed by atoms with Crippen LogP contribution in [0.15, 0.2) is 75.6 Å². The van der Waals surface area contributed by atoms with Crippen molar-refractivity contribution in [3.05, 3.63) is 70.6 Å². The van der Waals surface area contributed by atoms with Crippen molar-refractivity contribution in [2.75, 3.05) is 0 Å². The van der Waals surface area contributed by atoms with Gasteiger partial charge in [-0.25, -0.2) is 0 Å². The first-order chi connectivity index (χ1) is 13.3. The molecule has 7 heteroatoms. The summed E-state index contributed by atoms with van der Waals surface area (Å²) in [5.41, 5.74) is 10.1. The van der Waals surface area contributed by atoms with E-state index in [9.17, 15) is 0 Å². The van der Waals surface area contributed by atoms with Gasteiger partial charge in [0.1, 0.15) is 11.7 Å². The van der Waals surface area contributed by atoms with E-state index in [4.69, 9.17) is 16.6 Å². The first kappa shape index (κ1) is 21.0. The number of allylic oxidation sites excluding steroid dienone is 6. The van der Waals surface area contributed by atoms with Crippen LogP contribution in [0.2, 0.25) is 0 Å². The van der Waals surface area contributed by atoms with E-state index in [0.29, 0.717) is 5.82 Å². The van der Waals surface area contributed by atoms with Gasteiger partial charge in [-0.1, -0.05) is 13.8 Å². The fraction of sp³-hybridized carbons (Fsp3) is 0.286. The number of hydrogen-bond acceptors (Lipinski definition) is 6. The third kappa shape index (κ3) is 5.57. The fourth-order valence-electron chi connectivity index (χ4n) is 2.51. The summed E-state index contributed by atoms with van der Waals surface area (Å²) < 4.78 is 0. The summed E-state index contributed by atoms with van der Waals surface area (Å²) in [7, 11) is 0. The van der Waals surface area contributed by atoms with Gasteiger partial charge in [-0.2, -0.15) is 0 Å². The first-order valence-corrected chi connectivity index (χ1v) is 9.25. The molecule has 28 heavy (non-hydrogen) atoms. The largest absolute Gasteiger partial charge is 0.404 e. The van der Waals surface area contributed by atoms with Gasteiger partial charge < -0.3 is 27.1 Å². The molecule has 0 radical (unpaired) electrons. The molecule has 0 spiro atoms. The summed E-state index contributed by atoms with van der Waals surface area (Å²) in [4.78, 5) is 4.40. The maximum atomic E-state index is 8.13. The highest BCUT2D eigenvalue weighted by Gasteiger charge is 2.17. The molecule has 0 aromatic rings. The van der Waals surface area contributed by atoms with Crippen LogP contribution in [0.1, 0.15) is 27.7 Å². The number of hydrogen-bond donors (Lipinski definition) is 6. The van der Waals surface area contributed by atoms with Gasteiger partial charge in [0.25, 0.3) is 0 Å². The smallest absolute Gasteiger partial charge is 0.123 e.